The maximum absolute atomic E-state index is 13.6. The molecule has 0 saturated heterocycles. The lowest BCUT2D eigenvalue weighted by Gasteiger charge is -2.17. The van der Waals surface area contributed by atoms with Crippen molar-refractivity contribution in [2.45, 2.75) is 18.9 Å². The molecule has 2 nitrogen and oxygen atoms in total. The Kier molecular flexibility index (Phi) is 5.22. The van der Waals surface area contributed by atoms with E-state index in [-0.39, 0.29) is 17.0 Å². The molecular weight excluding hydrogens is 301 g/mol. The number of hydrogen-bond donors (Lipinski definition) is 2. The van der Waals surface area contributed by atoms with Crippen molar-refractivity contribution in [2.75, 3.05) is 0 Å². The largest absolute Gasteiger partial charge is 0.271 e. The van der Waals surface area contributed by atoms with Crippen LogP contribution in [0.5, 0.6) is 0 Å². The van der Waals surface area contributed by atoms with Crippen LogP contribution in [-0.4, -0.2) is 6.04 Å². The molecule has 2 aromatic rings. The summed E-state index contributed by atoms with van der Waals surface area (Å²) in [7, 11) is 0. The molecule has 6 heteroatoms. The van der Waals surface area contributed by atoms with Gasteiger partial charge in [-0.2, -0.15) is 0 Å². The number of rotatable bonds is 5. The van der Waals surface area contributed by atoms with Gasteiger partial charge in [-0.3, -0.25) is 11.3 Å². The second kappa shape index (κ2) is 6.93. The molecule has 0 radical (unpaired) electrons. The summed E-state index contributed by atoms with van der Waals surface area (Å²) in [5.41, 5.74) is 3.21. The number of halogens is 4. The van der Waals surface area contributed by atoms with Crippen molar-refractivity contribution in [3.05, 3.63) is 70.0 Å². The molecule has 0 aliphatic rings. The topological polar surface area (TPSA) is 38.0 Å². The number of nitrogens with two attached hydrogens (primary N) is 1. The van der Waals surface area contributed by atoms with Gasteiger partial charge in [0.25, 0.3) is 0 Å². The smallest absolute Gasteiger partial charge is 0.141 e. The molecule has 1 atom stereocenters. The van der Waals surface area contributed by atoms with Crippen LogP contribution in [0.1, 0.15) is 11.1 Å². The van der Waals surface area contributed by atoms with E-state index in [1.807, 2.05) is 0 Å². The first-order valence-electron chi connectivity index (χ1n) is 6.34. The zero-order valence-corrected chi connectivity index (χ0v) is 11.8. The van der Waals surface area contributed by atoms with Crippen LogP contribution in [0, 0.1) is 17.5 Å². The van der Waals surface area contributed by atoms with Crippen LogP contribution in [0.15, 0.2) is 36.4 Å². The minimum Gasteiger partial charge on any atom is -0.271 e. The predicted molar refractivity (Wildman–Crippen MR) is 76.3 cm³/mol. The van der Waals surface area contributed by atoms with Gasteiger partial charge < -0.3 is 0 Å². The summed E-state index contributed by atoms with van der Waals surface area (Å²) in [5, 5.41) is 0.000318. The van der Waals surface area contributed by atoms with Crippen LogP contribution in [-0.2, 0) is 12.8 Å². The van der Waals surface area contributed by atoms with Gasteiger partial charge in [0.2, 0.25) is 0 Å². The third kappa shape index (κ3) is 3.97. The maximum Gasteiger partial charge on any atom is 0.141 e. The molecule has 0 aliphatic heterocycles. The number of nitrogens with one attached hydrogen (secondary N) is 1. The minimum atomic E-state index is -0.618. The van der Waals surface area contributed by atoms with E-state index in [0.29, 0.717) is 6.42 Å². The molecule has 0 amide bonds. The number of hydrogen-bond acceptors (Lipinski definition) is 2. The SMILES string of the molecule is NNC(Cc1ccc(F)c(Cl)c1)Cc1c(F)cccc1F. The molecule has 112 valence electrons. The summed E-state index contributed by atoms with van der Waals surface area (Å²) in [6.07, 6.45) is 0.439. The summed E-state index contributed by atoms with van der Waals surface area (Å²) in [6.45, 7) is 0. The van der Waals surface area contributed by atoms with Gasteiger partial charge in [-0.05, 0) is 42.7 Å². The van der Waals surface area contributed by atoms with Crippen molar-refractivity contribution in [1.29, 1.82) is 0 Å². The van der Waals surface area contributed by atoms with Crippen molar-refractivity contribution in [3.8, 4) is 0 Å². The summed E-state index contributed by atoms with van der Waals surface area (Å²) < 4.78 is 40.3. The lowest BCUT2D eigenvalue weighted by atomic mass is 9.99. The Labute approximate surface area is 125 Å². The molecule has 0 fully saturated rings. The van der Waals surface area contributed by atoms with Crippen LogP contribution in [0.2, 0.25) is 5.02 Å². The molecule has 0 bridgehead atoms. The van der Waals surface area contributed by atoms with Gasteiger partial charge in [-0.15, -0.1) is 0 Å². The van der Waals surface area contributed by atoms with Gasteiger partial charge in [0.05, 0.1) is 5.02 Å². The Morgan fingerprint density at radius 2 is 1.67 bits per heavy atom. The van der Waals surface area contributed by atoms with Gasteiger partial charge in [0.1, 0.15) is 17.5 Å². The van der Waals surface area contributed by atoms with Gasteiger partial charge in [-0.1, -0.05) is 23.7 Å². The van der Waals surface area contributed by atoms with Crippen molar-refractivity contribution in [3.63, 3.8) is 0 Å². The number of benzene rings is 2. The van der Waals surface area contributed by atoms with Crippen molar-refractivity contribution < 1.29 is 13.2 Å². The molecule has 2 aromatic carbocycles. The van der Waals surface area contributed by atoms with E-state index in [4.69, 9.17) is 17.4 Å². The lowest BCUT2D eigenvalue weighted by Crippen LogP contribution is -2.38. The van der Waals surface area contributed by atoms with E-state index in [1.54, 1.807) is 6.07 Å². The molecule has 3 N–H and O–H groups in total. The molecule has 2 rings (SSSR count). The molecule has 0 saturated carbocycles. The van der Waals surface area contributed by atoms with Crippen LogP contribution in [0.3, 0.4) is 0 Å². The van der Waals surface area contributed by atoms with Gasteiger partial charge in [0, 0.05) is 11.6 Å². The zero-order valence-electron chi connectivity index (χ0n) is 11.0. The van der Waals surface area contributed by atoms with Crippen LogP contribution >= 0.6 is 11.6 Å². The summed E-state index contributed by atoms with van der Waals surface area (Å²) in [4.78, 5) is 0. The molecular formula is C15H14ClF3N2. The summed E-state index contributed by atoms with van der Waals surface area (Å²) in [6, 6.07) is 7.56. The van der Waals surface area contributed by atoms with E-state index in [2.05, 4.69) is 5.43 Å². The third-order valence-electron chi connectivity index (χ3n) is 3.21. The fourth-order valence-electron chi connectivity index (χ4n) is 2.11. The van der Waals surface area contributed by atoms with E-state index in [9.17, 15) is 13.2 Å². The second-order valence-electron chi connectivity index (χ2n) is 4.72. The monoisotopic (exact) mass is 314 g/mol. The highest BCUT2D eigenvalue weighted by atomic mass is 35.5. The van der Waals surface area contributed by atoms with E-state index >= 15 is 0 Å². The first-order chi connectivity index (χ1) is 10.0. The maximum atomic E-state index is 13.6. The Morgan fingerprint density at radius 3 is 2.24 bits per heavy atom. The quantitative estimate of drug-likeness (QED) is 0.656. The van der Waals surface area contributed by atoms with E-state index in [0.717, 1.165) is 5.56 Å². The zero-order chi connectivity index (χ0) is 15.4. The minimum absolute atomic E-state index is 0.000318. The van der Waals surface area contributed by atoms with Crippen molar-refractivity contribution in [1.82, 2.24) is 5.43 Å². The Balaban J connectivity index is 2.15. The standard InChI is InChI=1S/C15H14ClF3N2/c16-12-7-9(4-5-15(12)19)6-10(21-20)8-11-13(17)2-1-3-14(11)18/h1-5,7,10,21H,6,8,20H2. The molecule has 0 aliphatic carbocycles. The summed E-state index contributed by atoms with van der Waals surface area (Å²) in [5.74, 6) is 3.68. The Bertz CT molecular complexity index is 614. The highest BCUT2D eigenvalue weighted by Gasteiger charge is 2.16. The van der Waals surface area contributed by atoms with Gasteiger partial charge in [0.15, 0.2) is 0 Å². The lowest BCUT2D eigenvalue weighted by molar-refractivity contribution is 0.484. The van der Waals surface area contributed by atoms with Gasteiger partial charge >= 0.3 is 0 Å². The second-order valence-corrected chi connectivity index (χ2v) is 5.13. The predicted octanol–water partition coefficient (Wildman–Crippen LogP) is 3.37. The molecule has 21 heavy (non-hydrogen) atoms. The van der Waals surface area contributed by atoms with Gasteiger partial charge in [-0.25, -0.2) is 13.2 Å². The normalized spacial score (nSPS) is 12.4. The highest BCUT2D eigenvalue weighted by molar-refractivity contribution is 6.30. The third-order valence-corrected chi connectivity index (χ3v) is 3.50. The molecule has 1 unspecified atom stereocenters. The average Bonchev–Trinajstić information content (AvgIpc) is 2.45. The first-order valence-corrected chi connectivity index (χ1v) is 6.72. The van der Waals surface area contributed by atoms with E-state index < -0.39 is 23.5 Å². The van der Waals surface area contributed by atoms with Crippen molar-refractivity contribution in [2.24, 2.45) is 5.84 Å². The Morgan fingerprint density at radius 1 is 1.00 bits per heavy atom. The first kappa shape index (κ1) is 15.8. The molecule has 0 aromatic heterocycles. The number of hydrazine groups is 1. The fourth-order valence-corrected chi connectivity index (χ4v) is 2.32. The van der Waals surface area contributed by atoms with Crippen LogP contribution < -0.4 is 11.3 Å². The highest BCUT2D eigenvalue weighted by Crippen LogP contribution is 2.19. The van der Waals surface area contributed by atoms with Crippen LogP contribution in [0.25, 0.3) is 0 Å². The molecule has 0 heterocycles. The van der Waals surface area contributed by atoms with Crippen LogP contribution in [0.4, 0.5) is 13.2 Å². The van der Waals surface area contributed by atoms with E-state index in [1.165, 1.54) is 30.3 Å². The summed E-state index contributed by atoms with van der Waals surface area (Å²) >= 11 is 5.70. The molecule has 0 spiro atoms. The fraction of sp³-hybridized carbons (Fsp3) is 0.200. The Hall–Kier alpha value is -1.56. The average molecular weight is 315 g/mol. The van der Waals surface area contributed by atoms with Crippen molar-refractivity contribution >= 4 is 11.6 Å².